The first-order valence-corrected chi connectivity index (χ1v) is 6.87. The van der Waals surface area contributed by atoms with Crippen molar-refractivity contribution in [1.29, 1.82) is 0 Å². The third-order valence-corrected chi connectivity index (χ3v) is 5.62. The molecule has 2 nitrogen and oxygen atoms in total. The lowest BCUT2D eigenvalue weighted by molar-refractivity contribution is 0.0709. The van der Waals surface area contributed by atoms with Crippen LogP contribution in [0.25, 0.3) is 0 Å². The highest BCUT2D eigenvalue weighted by molar-refractivity contribution is 5.01. The molecule has 8 atom stereocenters. The molecule has 0 bridgehead atoms. The number of hydrogen-bond donors (Lipinski definition) is 2. The first-order valence-electron chi connectivity index (χ1n) is 6.87. The summed E-state index contributed by atoms with van der Waals surface area (Å²) in [5, 5.41) is 14.1. The van der Waals surface area contributed by atoms with Crippen LogP contribution in [0.4, 0.5) is 0 Å². The Hall–Kier alpha value is -0.0800. The molecule has 0 amide bonds. The lowest BCUT2D eigenvalue weighted by Gasteiger charge is -2.27. The molecule has 1 saturated carbocycles. The van der Waals surface area contributed by atoms with E-state index in [0.717, 1.165) is 5.92 Å². The summed E-state index contributed by atoms with van der Waals surface area (Å²) in [6.07, 6.45) is 1.12. The van der Waals surface area contributed by atoms with Crippen molar-refractivity contribution in [1.82, 2.24) is 5.32 Å². The average Bonchev–Trinajstić information content (AvgIpc) is 2.64. The molecule has 1 aliphatic heterocycles. The molecule has 8 unspecified atom stereocenters. The summed E-state index contributed by atoms with van der Waals surface area (Å²) in [6.45, 7) is 11.4. The van der Waals surface area contributed by atoms with Crippen LogP contribution in [0.5, 0.6) is 0 Å². The van der Waals surface area contributed by atoms with E-state index in [9.17, 15) is 5.11 Å². The van der Waals surface area contributed by atoms with E-state index < -0.39 is 0 Å². The van der Waals surface area contributed by atoms with Gasteiger partial charge in [-0.15, -0.1) is 0 Å². The second-order valence-corrected chi connectivity index (χ2v) is 6.42. The van der Waals surface area contributed by atoms with Gasteiger partial charge in [0.25, 0.3) is 0 Å². The maximum absolute atomic E-state index is 10.4. The van der Waals surface area contributed by atoms with Crippen LogP contribution in [0.1, 0.15) is 41.0 Å². The molecule has 2 fully saturated rings. The Balaban J connectivity index is 2.10. The summed E-state index contributed by atoms with van der Waals surface area (Å²) in [5.74, 6) is 2.94. The molecule has 16 heavy (non-hydrogen) atoms. The summed E-state index contributed by atoms with van der Waals surface area (Å²) in [5.41, 5.74) is 0. The van der Waals surface area contributed by atoms with E-state index in [2.05, 4.69) is 39.9 Å². The monoisotopic (exact) mass is 225 g/mol. The lowest BCUT2D eigenvalue weighted by atomic mass is 9.84. The predicted molar refractivity (Wildman–Crippen MR) is 67.2 cm³/mol. The highest BCUT2D eigenvalue weighted by atomic mass is 16.3. The molecule has 2 N–H and O–H groups in total. The van der Waals surface area contributed by atoms with Gasteiger partial charge in [-0.25, -0.2) is 0 Å². The molecular weight excluding hydrogens is 198 g/mol. The van der Waals surface area contributed by atoms with Crippen LogP contribution in [0.15, 0.2) is 0 Å². The van der Waals surface area contributed by atoms with Gasteiger partial charge in [-0.2, -0.15) is 0 Å². The molecule has 1 heterocycles. The van der Waals surface area contributed by atoms with Crippen LogP contribution in [-0.4, -0.2) is 23.3 Å². The van der Waals surface area contributed by atoms with Crippen LogP contribution in [0, 0.1) is 29.6 Å². The summed E-state index contributed by atoms with van der Waals surface area (Å²) in [6, 6.07) is 1.14. The SMILES string of the molecule is CC1CC(C2C(C)C(C)C(C)C2O)NC1C. The van der Waals surface area contributed by atoms with E-state index >= 15 is 0 Å². The van der Waals surface area contributed by atoms with Crippen LogP contribution < -0.4 is 5.32 Å². The first kappa shape index (κ1) is 12.4. The molecule has 2 heteroatoms. The minimum Gasteiger partial charge on any atom is -0.392 e. The van der Waals surface area contributed by atoms with E-state index in [1.807, 2.05) is 0 Å². The lowest BCUT2D eigenvalue weighted by Crippen LogP contribution is -2.40. The van der Waals surface area contributed by atoms with E-state index in [1.54, 1.807) is 0 Å². The first-order chi connectivity index (χ1) is 7.43. The third kappa shape index (κ3) is 1.80. The van der Waals surface area contributed by atoms with Crippen molar-refractivity contribution in [2.75, 3.05) is 0 Å². The van der Waals surface area contributed by atoms with Crippen molar-refractivity contribution >= 4 is 0 Å². The fourth-order valence-corrected chi connectivity index (χ4v) is 3.85. The van der Waals surface area contributed by atoms with Crippen LogP contribution in [-0.2, 0) is 0 Å². The second-order valence-electron chi connectivity index (χ2n) is 6.42. The van der Waals surface area contributed by atoms with Crippen LogP contribution in [0.2, 0.25) is 0 Å². The zero-order chi connectivity index (χ0) is 12.0. The average molecular weight is 225 g/mol. The largest absolute Gasteiger partial charge is 0.392 e. The molecule has 2 rings (SSSR count). The molecule has 1 aliphatic carbocycles. The molecule has 0 radical (unpaired) electrons. The van der Waals surface area contributed by atoms with Crippen LogP contribution in [0.3, 0.4) is 0 Å². The van der Waals surface area contributed by atoms with Gasteiger partial charge in [0.1, 0.15) is 0 Å². The van der Waals surface area contributed by atoms with Crippen molar-refractivity contribution < 1.29 is 5.11 Å². The summed E-state index contributed by atoms with van der Waals surface area (Å²) in [7, 11) is 0. The molecule has 0 aromatic carbocycles. The van der Waals surface area contributed by atoms with Gasteiger partial charge in [-0.05, 0) is 37.0 Å². The predicted octanol–water partition coefficient (Wildman–Crippen LogP) is 2.27. The Morgan fingerprint density at radius 3 is 1.94 bits per heavy atom. The Labute approximate surface area is 99.8 Å². The molecule has 0 aromatic rings. The molecule has 0 spiro atoms. The minimum atomic E-state index is -0.111. The Kier molecular flexibility index (Phi) is 3.33. The quantitative estimate of drug-likeness (QED) is 0.717. The zero-order valence-corrected chi connectivity index (χ0v) is 11.3. The van der Waals surface area contributed by atoms with E-state index in [-0.39, 0.29) is 6.10 Å². The number of aliphatic hydroxyl groups excluding tert-OH is 1. The Morgan fingerprint density at radius 1 is 0.938 bits per heavy atom. The van der Waals surface area contributed by atoms with Gasteiger partial charge in [0.2, 0.25) is 0 Å². The maximum Gasteiger partial charge on any atom is 0.0614 e. The normalized spacial score (nSPS) is 58.1. The maximum atomic E-state index is 10.4. The van der Waals surface area contributed by atoms with Gasteiger partial charge >= 0.3 is 0 Å². The van der Waals surface area contributed by atoms with Gasteiger partial charge in [0.05, 0.1) is 6.10 Å². The van der Waals surface area contributed by atoms with E-state index in [1.165, 1.54) is 6.42 Å². The number of hydrogen-bond acceptors (Lipinski definition) is 2. The van der Waals surface area contributed by atoms with Gasteiger partial charge in [-0.3, -0.25) is 0 Å². The van der Waals surface area contributed by atoms with E-state index in [4.69, 9.17) is 0 Å². The van der Waals surface area contributed by atoms with Crippen molar-refractivity contribution in [3.8, 4) is 0 Å². The Morgan fingerprint density at radius 2 is 1.56 bits per heavy atom. The van der Waals surface area contributed by atoms with Crippen molar-refractivity contribution in [2.24, 2.45) is 29.6 Å². The highest BCUT2D eigenvalue weighted by Crippen LogP contribution is 2.45. The van der Waals surface area contributed by atoms with Gasteiger partial charge in [0.15, 0.2) is 0 Å². The van der Waals surface area contributed by atoms with Crippen LogP contribution >= 0.6 is 0 Å². The summed E-state index contributed by atoms with van der Waals surface area (Å²) < 4.78 is 0. The van der Waals surface area contributed by atoms with Gasteiger partial charge < -0.3 is 10.4 Å². The number of aliphatic hydroxyl groups is 1. The molecule has 2 aliphatic rings. The summed E-state index contributed by atoms with van der Waals surface area (Å²) in [4.78, 5) is 0. The molecule has 94 valence electrons. The topological polar surface area (TPSA) is 32.3 Å². The standard InChI is InChI=1S/C14H27NO/c1-7-6-12(15-11(7)5)13-9(3)8(2)10(4)14(13)16/h7-16H,6H2,1-5H3. The highest BCUT2D eigenvalue weighted by Gasteiger charge is 2.48. The molecule has 1 saturated heterocycles. The Bertz CT molecular complexity index is 231. The smallest absolute Gasteiger partial charge is 0.0614 e. The van der Waals surface area contributed by atoms with Crippen molar-refractivity contribution in [3.63, 3.8) is 0 Å². The number of rotatable bonds is 1. The number of nitrogens with one attached hydrogen (secondary N) is 1. The van der Waals surface area contributed by atoms with Gasteiger partial charge in [-0.1, -0.05) is 27.7 Å². The fourth-order valence-electron chi connectivity index (χ4n) is 3.85. The molecule has 0 aromatic heterocycles. The second kappa shape index (κ2) is 4.30. The van der Waals surface area contributed by atoms with Crippen molar-refractivity contribution in [3.05, 3.63) is 0 Å². The van der Waals surface area contributed by atoms with E-state index in [0.29, 0.717) is 35.8 Å². The zero-order valence-electron chi connectivity index (χ0n) is 11.3. The third-order valence-electron chi connectivity index (χ3n) is 5.62. The van der Waals surface area contributed by atoms with Crippen molar-refractivity contribution in [2.45, 2.75) is 59.2 Å². The minimum absolute atomic E-state index is 0.111. The summed E-state index contributed by atoms with van der Waals surface area (Å²) >= 11 is 0. The fraction of sp³-hybridized carbons (Fsp3) is 1.00. The van der Waals surface area contributed by atoms with Gasteiger partial charge in [0, 0.05) is 18.0 Å². The molecular formula is C14H27NO.